The molecule has 102 valence electrons. The first kappa shape index (κ1) is 13.6. The average molecular weight is 260 g/mol. The summed E-state index contributed by atoms with van der Waals surface area (Å²) in [7, 11) is 0. The summed E-state index contributed by atoms with van der Waals surface area (Å²) in [5.41, 5.74) is 7.23. The monoisotopic (exact) mass is 260 g/mol. The molecule has 0 saturated carbocycles. The Morgan fingerprint density at radius 1 is 1.26 bits per heavy atom. The van der Waals surface area contributed by atoms with Crippen LogP contribution in [0.1, 0.15) is 26.0 Å². The van der Waals surface area contributed by atoms with Gasteiger partial charge >= 0.3 is 0 Å². The van der Waals surface area contributed by atoms with Crippen molar-refractivity contribution in [3.8, 4) is 17.1 Å². The largest absolute Gasteiger partial charge is 0.494 e. The normalized spacial score (nSPS) is 10.9. The van der Waals surface area contributed by atoms with Gasteiger partial charge in [0.2, 0.25) is 0 Å². The number of nitrogens with zero attached hydrogens (tertiary/aromatic N) is 1. The molecule has 4 nitrogen and oxygen atoms in total. The first-order chi connectivity index (χ1) is 9.19. The molecular weight excluding hydrogens is 240 g/mol. The Labute approximate surface area is 113 Å². The van der Waals surface area contributed by atoms with Crippen LogP contribution in [-0.4, -0.2) is 11.8 Å². The van der Waals surface area contributed by atoms with Crippen molar-refractivity contribution in [3.05, 3.63) is 36.0 Å². The molecule has 2 N–H and O–H groups in total. The molecule has 0 bridgehead atoms. The standard InChI is InChI=1S/C15H20N2O2/c1-11(2)7-8-18-14-5-3-12(4-6-14)15-9-13(10-16)17-19-15/h3-6,9,11H,7-8,10,16H2,1-2H3. The van der Waals surface area contributed by atoms with Crippen LogP contribution >= 0.6 is 0 Å². The molecule has 0 atom stereocenters. The summed E-state index contributed by atoms with van der Waals surface area (Å²) >= 11 is 0. The average Bonchev–Trinajstić information content (AvgIpc) is 2.88. The van der Waals surface area contributed by atoms with Gasteiger partial charge < -0.3 is 15.0 Å². The molecule has 1 aromatic carbocycles. The number of benzene rings is 1. The molecule has 0 aliphatic heterocycles. The van der Waals surface area contributed by atoms with Crippen LogP contribution in [0.5, 0.6) is 5.75 Å². The summed E-state index contributed by atoms with van der Waals surface area (Å²) in [5, 5.41) is 3.87. The molecule has 0 unspecified atom stereocenters. The third-order valence-corrected chi connectivity index (χ3v) is 2.87. The molecule has 0 spiro atoms. The van der Waals surface area contributed by atoms with Crippen molar-refractivity contribution >= 4 is 0 Å². The lowest BCUT2D eigenvalue weighted by molar-refractivity contribution is 0.289. The Morgan fingerprint density at radius 3 is 2.58 bits per heavy atom. The maximum atomic E-state index is 5.67. The van der Waals surface area contributed by atoms with E-state index in [1.165, 1.54) is 0 Å². The summed E-state index contributed by atoms with van der Waals surface area (Å²) in [6.45, 7) is 5.51. The molecule has 0 amide bonds. The number of aromatic nitrogens is 1. The lowest BCUT2D eigenvalue weighted by Gasteiger charge is -2.08. The highest BCUT2D eigenvalue weighted by atomic mass is 16.5. The van der Waals surface area contributed by atoms with Crippen molar-refractivity contribution < 1.29 is 9.26 Å². The van der Waals surface area contributed by atoms with Gasteiger partial charge in [0, 0.05) is 18.2 Å². The maximum absolute atomic E-state index is 5.67. The Balaban J connectivity index is 1.97. The van der Waals surface area contributed by atoms with Crippen molar-refractivity contribution in [1.29, 1.82) is 0 Å². The first-order valence-electron chi connectivity index (χ1n) is 6.58. The first-order valence-corrected chi connectivity index (χ1v) is 6.58. The molecule has 2 rings (SSSR count). The summed E-state index contributed by atoms with van der Waals surface area (Å²) in [4.78, 5) is 0. The van der Waals surface area contributed by atoms with Crippen LogP contribution in [0.15, 0.2) is 34.9 Å². The summed E-state index contributed by atoms with van der Waals surface area (Å²) < 4.78 is 10.9. The number of rotatable bonds is 6. The molecule has 0 radical (unpaired) electrons. The fraction of sp³-hybridized carbons (Fsp3) is 0.400. The molecule has 0 aliphatic rings. The van der Waals surface area contributed by atoms with Gasteiger partial charge in [-0.25, -0.2) is 0 Å². The highest BCUT2D eigenvalue weighted by Crippen LogP contribution is 2.23. The topological polar surface area (TPSA) is 61.3 Å². The smallest absolute Gasteiger partial charge is 0.167 e. The van der Waals surface area contributed by atoms with Crippen molar-refractivity contribution in [2.45, 2.75) is 26.8 Å². The van der Waals surface area contributed by atoms with Crippen LogP contribution in [0, 0.1) is 5.92 Å². The number of ether oxygens (including phenoxy) is 1. The van der Waals surface area contributed by atoms with Crippen molar-refractivity contribution in [2.24, 2.45) is 11.7 Å². The fourth-order valence-electron chi connectivity index (χ4n) is 1.67. The van der Waals surface area contributed by atoms with Gasteiger partial charge in [-0.1, -0.05) is 19.0 Å². The molecule has 0 aliphatic carbocycles. The van der Waals surface area contributed by atoms with E-state index in [9.17, 15) is 0 Å². The molecule has 1 aromatic heterocycles. The molecule has 1 heterocycles. The Morgan fingerprint density at radius 2 is 2.00 bits per heavy atom. The summed E-state index contributed by atoms with van der Waals surface area (Å²) in [6.07, 6.45) is 1.06. The van der Waals surface area contributed by atoms with Crippen molar-refractivity contribution in [1.82, 2.24) is 5.16 Å². The van der Waals surface area contributed by atoms with Gasteiger partial charge in [-0.3, -0.25) is 0 Å². The second-order valence-corrected chi connectivity index (χ2v) is 4.94. The maximum Gasteiger partial charge on any atom is 0.167 e. The Bertz CT molecular complexity index is 503. The van der Waals surface area contributed by atoms with E-state index in [1.807, 2.05) is 30.3 Å². The van der Waals surface area contributed by atoms with Crippen LogP contribution in [0.2, 0.25) is 0 Å². The van der Waals surface area contributed by atoms with Gasteiger partial charge in [-0.05, 0) is 36.6 Å². The van der Waals surface area contributed by atoms with E-state index in [0.717, 1.165) is 35.8 Å². The zero-order valence-electron chi connectivity index (χ0n) is 11.4. The number of hydrogen-bond acceptors (Lipinski definition) is 4. The van der Waals surface area contributed by atoms with Crippen LogP contribution in [0.4, 0.5) is 0 Å². The summed E-state index contributed by atoms with van der Waals surface area (Å²) in [6, 6.07) is 9.67. The second kappa shape index (κ2) is 6.38. The highest BCUT2D eigenvalue weighted by molar-refractivity contribution is 5.58. The van der Waals surface area contributed by atoms with Crippen molar-refractivity contribution in [2.75, 3.05) is 6.61 Å². The quantitative estimate of drug-likeness (QED) is 0.866. The van der Waals surface area contributed by atoms with Gasteiger partial charge in [0.25, 0.3) is 0 Å². The SMILES string of the molecule is CC(C)CCOc1ccc(-c2cc(CN)no2)cc1. The van der Waals surface area contributed by atoms with E-state index in [-0.39, 0.29) is 0 Å². The second-order valence-electron chi connectivity index (χ2n) is 4.94. The third kappa shape index (κ3) is 3.83. The molecular formula is C15H20N2O2. The minimum absolute atomic E-state index is 0.389. The summed E-state index contributed by atoms with van der Waals surface area (Å²) in [5.74, 6) is 2.26. The minimum Gasteiger partial charge on any atom is -0.494 e. The van der Waals surface area contributed by atoms with E-state index in [0.29, 0.717) is 12.5 Å². The highest BCUT2D eigenvalue weighted by Gasteiger charge is 2.05. The van der Waals surface area contributed by atoms with Crippen molar-refractivity contribution in [3.63, 3.8) is 0 Å². The third-order valence-electron chi connectivity index (χ3n) is 2.87. The molecule has 4 heteroatoms. The molecule has 0 saturated heterocycles. The van der Waals surface area contributed by atoms with E-state index in [2.05, 4.69) is 19.0 Å². The van der Waals surface area contributed by atoms with Crippen LogP contribution < -0.4 is 10.5 Å². The minimum atomic E-state index is 0.389. The predicted molar refractivity (Wildman–Crippen MR) is 74.8 cm³/mol. The molecule has 0 fully saturated rings. The Kier molecular flexibility index (Phi) is 4.58. The van der Waals surface area contributed by atoms with Gasteiger partial charge in [-0.15, -0.1) is 0 Å². The fourth-order valence-corrected chi connectivity index (χ4v) is 1.67. The zero-order valence-corrected chi connectivity index (χ0v) is 11.4. The van der Waals surface area contributed by atoms with Crippen LogP contribution in [0.3, 0.4) is 0 Å². The molecule has 2 aromatic rings. The van der Waals surface area contributed by atoms with Gasteiger partial charge in [0.15, 0.2) is 5.76 Å². The van der Waals surface area contributed by atoms with E-state index < -0.39 is 0 Å². The van der Waals surface area contributed by atoms with E-state index in [4.69, 9.17) is 15.0 Å². The molecule has 19 heavy (non-hydrogen) atoms. The van der Waals surface area contributed by atoms with Gasteiger partial charge in [-0.2, -0.15) is 0 Å². The Hall–Kier alpha value is -1.81. The number of hydrogen-bond donors (Lipinski definition) is 1. The number of nitrogens with two attached hydrogens (primary N) is 1. The van der Waals surface area contributed by atoms with Crippen LogP contribution in [0.25, 0.3) is 11.3 Å². The van der Waals surface area contributed by atoms with Crippen LogP contribution in [-0.2, 0) is 6.54 Å². The lowest BCUT2D eigenvalue weighted by atomic mass is 10.1. The van der Waals surface area contributed by atoms with Gasteiger partial charge in [0.1, 0.15) is 5.75 Å². The van der Waals surface area contributed by atoms with E-state index >= 15 is 0 Å². The van der Waals surface area contributed by atoms with Gasteiger partial charge in [0.05, 0.1) is 12.3 Å². The predicted octanol–water partition coefficient (Wildman–Crippen LogP) is 3.23. The van der Waals surface area contributed by atoms with E-state index in [1.54, 1.807) is 0 Å². The lowest BCUT2D eigenvalue weighted by Crippen LogP contribution is -2.01. The zero-order chi connectivity index (χ0) is 13.7.